The van der Waals surface area contributed by atoms with Gasteiger partial charge in [-0.1, -0.05) is 42.5 Å². The largest absolute Gasteiger partial charge is 0.447 e. The molecule has 4 aromatic rings. The third-order valence-corrected chi connectivity index (χ3v) is 6.34. The number of amides is 3. The van der Waals surface area contributed by atoms with Crippen molar-refractivity contribution >= 4 is 52.0 Å². The van der Waals surface area contributed by atoms with Crippen LogP contribution in [0.5, 0.6) is 0 Å². The first kappa shape index (κ1) is 23.8. The molecule has 37 heavy (non-hydrogen) atoms. The number of carbonyl (C=O) groups excluding carboxylic acids is 3. The maximum atomic E-state index is 13.0. The van der Waals surface area contributed by atoms with Gasteiger partial charge >= 0.3 is 6.09 Å². The summed E-state index contributed by atoms with van der Waals surface area (Å²) in [7, 11) is 0. The van der Waals surface area contributed by atoms with Crippen molar-refractivity contribution in [3.8, 4) is 0 Å². The van der Waals surface area contributed by atoms with E-state index in [2.05, 4.69) is 15.3 Å². The SMILES string of the molecule is CC(C(=O)Nc1cnc2[nH]cc(C=C(C(N)=O)c3ccccc3)c2c1)c1ccc(N2CCOC2=O)cc1. The molecule has 0 radical (unpaired) electrons. The monoisotopic (exact) mass is 495 g/mol. The Balaban J connectivity index is 1.35. The number of benzene rings is 2. The minimum atomic E-state index is -0.542. The highest BCUT2D eigenvalue weighted by Crippen LogP contribution is 2.27. The van der Waals surface area contributed by atoms with Crippen LogP contribution in [0.4, 0.5) is 16.2 Å². The summed E-state index contributed by atoms with van der Waals surface area (Å²) in [4.78, 5) is 46.0. The number of cyclic esters (lactones) is 1. The molecule has 0 saturated carbocycles. The fraction of sp³-hybridized carbons (Fsp3) is 0.143. The lowest BCUT2D eigenvalue weighted by atomic mass is 9.99. The Bertz CT molecular complexity index is 1510. The van der Waals surface area contributed by atoms with Crippen molar-refractivity contribution in [1.82, 2.24) is 9.97 Å². The fourth-order valence-electron chi connectivity index (χ4n) is 4.25. The minimum Gasteiger partial charge on any atom is -0.447 e. The van der Waals surface area contributed by atoms with Crippen molar-refractivity contribution in [3.63, 3.8) is 0 Å². The number of pyridine rings is 1. The van der Waals surface area contributed by atoms with Crippen molar-refractivity contribution < 1.29 is 19.1 Å². The molecular formula is C28H25N5O4. The molecular weight excluding hydrogens is 470 g/mol. The number of hydrogen-bond acceptors (Lipinski definition) is 5. The summed E-state index contributed by atoms with van der Waals surface area (Å²) in [6.07, 6.45) is 4.66. The number of carbonyl (C=O) groups is 3. The quantitative estimate of drug-likeness (QED) is 0.329. The van der Waals surface area contributed by atoms with Gasteiger partial charge in [0.1, 0.15) is 12.3 Å². The molecule has 0 spiro atoms. The average molecular weight is 496 g/mol. The number of aromatic nitrogens is 2. The summed E-state index contributed by atoms with van der Waals surface area (Å²) >= 11 is 0. The Morgan fingerprint density at radius 3 is 2.59 bits per heavy atom. The topological polar surface area (TPSA) is 130 Å². The van der Waals surface area contributed by atoms with Crippen molar-refractivity contribution in [2.24, 2.45) is 5.73 Å². The second kappa shape index (κ2) is 9.98. The first-order chi connectivity index (χ1) is 17.9. The maximum absolute atomic E-state index is 13.0. The van der Waals surface area contributed by atoms with E-state index in [1.165, 1.54) is 0 Å². The number of fused-ring (bicyclic) bond motifs is 1. The normalized spacial score (nSPS) is 14.5. The highest BCUT2D eigenvalue weighted by molar-refractivity contribution is 6.24. The maximum Gasteiger partial charge on any atom is 0.414 e. The van der Waals surface area contributed by atoms with Crippen LogP contribution in [0.25, 0.3) is 22.7 Å². The van der Waals surface area contributed by atoms with Gasteiger partial charge in [-0.3, -0.25) is 14.5 Å². The van der Waals surface area contributed by atoms with Crippen LogP contribution in [0.2, 0.25) is 0 Å². The predicted molar refractivity (Wildman–Crippen MR) is 142 cm³/mol. The molecule has 186 valence electrons. The zero-order valence-electron chi connectivity index (χ0n) is 20.1. The second-order valence-electron chi connectivity index (χ2n) is 8.72. The molecule has 1 fully saturated rings. The Kier molecular flexibility index (Phi) is 6.42. The van der Waals surface area contributed by atoms with E-state index in [4.69, 9.17) is 10.5 Å². The molecule has 2 aromatic heterocycles. The molecule has 4 N–H and O–H groups in total. The van der Waals surface area contributed by atoms with Gasteiger partial charge in [-0.05, 0) is 42.3 Å². The number of rotatable bonds is 7. The van der Waals surface area contributed by atoms with Crippen molar-refractivity contribution in [3.05, 3.63) is 89.7 Å². The van der Waals surface area contributed by atoms with Gasteiger partial charge in [-0.2, -0.15) is 0 Å². The van der Waals surface area contributed by atoms with Gasteiger partial charge in [-0.15, -0.1) is 0 Å². The fourth-order valence-corrected chi connectivity index (χ4v) is 4.25. The Morgan fingerprint density at radius 1 is 1.16 bits per heavy atom. The summed E-state index contributed by atoms with van der Waals surface area (Å²) in [5, 5.41) is 3.66. The van der Waals surface area contributed by atoms with Crippen LogP contribution in [0.15, 0.2) is 73.1 Å². The third kappa shape index (κ3) is 4.92. The van der Waals surface area contributed by atoms with Gasteiger partial charge in [0, 0.05) is 28.4 Å². The number of nitrogens with one attached hydrogen (secondary N) is 2. The van der Waals surface area contributed by atoms with E-state index >= 15 is 0 Å². The molecule has 1 aliphatic rings. The van der Waals surface area contributed by atoms with Crippen molar-refractivity contribution in [1.29, 1.82) is 0 Å². The zero-order valence-corrected chi connectivity index (χ0v) is 20.1. The minimum absolute atomic E-state index is 0.204. The van der Waals surface area contributed by atoms with Crippen LogP contribution >= 0.6 is 0 Å². The molecule has 1 atom stereocenters. The van der Waals surface area contributed by atoms with Crippen molar-refractivity contribution in [2.45, 2.75) is 12.8 Å². The van der Waals surface area contributed by atoms with Crippen LogP contribution in [-0.2, 0) is 14.3 Å². The molecule has 3 heterocycles. The molecule has 1 aliphatic heterocycles. The van der Waals surface area contributed by atoms with Crippen LogP contribution in [0.1, 0.15) is 29.5 Å². The molecule has 9 nitrogen and oxygen atoms in total. The van der Waals surface area contributed by atoms with E-state index in [0.717, 1.165) is 22.2 Å². The van der Waals surface area contributed by atoms with E-state index in [9.17, 15) is 14.4 Å². The predicted octanol–water partition coefficient (Wildman–Crippen LogP) is 4.29. The van der Waals surface area contributed by atoms with Gasteiger partial charge in [0.2, 0.25) is 11.8 Å². The molecule has 1 unspecified atom stereocenters. The Morgan fingerprint density at radius 2 is 1.92 bits per heavy atom. The van der Waals surface area contributed by atoms with Gasteiger partial charge in [-0.25, -0.2) is 9.78 Å². The summed E-state index contributed by atoms with van der Waals surface area (Å²) < 4.78 is 4.98. The van der Waals surface area contributed by atoms with Gasteiger partial charge in [0.05, 0.1) is 24.3 Å². The summed E-state index contributed by atoms with van der Waals surface area (Å²) in [6, 6.07) is 18.3. The molecule has 0 aliphatic carbocycles. The lowest BCUT2D eigenvalue weighted by molar-refractivity contribution is -0.117. The number of ether oxygens (including phenoxy) is 1. The van der Waals surface area contributed by atoms with E-state index in [0.29, 0.717) is 35.6 Å². The lowest BCUT2D eigenvalue weighted by Crippen LogP contribution is -2.23. The van der Waals surface area contributed by atoms with E-state index < -0.39 is 11.8 Å². The number of hydrogen-bond donors (Lipinski definition) is 3. The van der Waals surface area contributed by atoms with E-state index in [1.807, 2.05) is 49.4 Å². The second-order valence-corrected chi connectivity index (χ2v) is 8.72. The zero-order chi connectivity index (χ0) is 25.9. The molecule has 1 saturated heterocycles. The van der Waals surface area contributed by atoms with Crippen LogP contribution in [-0.4, -0.2) is 41.0 Å². The number of anilines is 2. The highest BCUT2D eigenvalue weighted by atomic mass is 16.6. The van der Waals surface area contributed by atoms with Crippen LogP contribution in [0.3, 0.4) is 0 Å². The number of nitrogens with zero attached hydrogens (tertiary/aromatic N) is 2. The number of primary amides is 1. The lowest BCUT2D eigenvalue weighted by Gasteiger charge is -2.16. The van der Waals surface area contributed by atoms with Crippen LogP contribution < -0.4 is 16.0 Å². The summed E-state index contributed by atoms with van der Waals surface area (Å²) in [5.41, 5.74) is 10.1. The molecule has 5 rings (SSSR count). The van der Waals surface area contributed by atoms with Crippen LogP contribution in [0, 0.1) is 0 Å². The first-order valence-corrected chi connectivity index (χ1v) is 11.8. The molecule has 0 bridgehead atoms. The number of H-pyrrole nitrogens is 1. The average Bonchev–Trinajstić information content (AvgIpc) is 3.52. The standard InChI is InChI=1S/C28H25N5O4/c1-17(18-7-9-22(10-8-18)33-11-12-37-28(33)36)27(35)32-21-14-24-20(15-30-26(24)31-16-21)13-23(25(29)34)19-5-3-2-4-6-19/h2-10,13-17H,11-12H2,1H3,(H2,29,34)(H,30,31)(H,32,35). The third-order valence-electron chi connectivity index (χ3n) is 6.34. The number of nitrogens with two attached hydrogens (primary N) is 1. The molecule has 2 aromatic carbocycles. The van der Waals surface area contributed by atoms with E-state index in [-0.39, 0.29) is 12.0 Å². The highest BCUT2D eigenvalue weighted by Gasteiger charge is 2.24. The Labute approximate surface area is 212 Å². The van der Waals surface area contributed by atoms with E-state index in [1.54, 1.807) is 41.6 Å². The Hall–Kier alpha value is -4.92. The molecule has 9 heteroatoms. The smallest absolute Gasteiger partial charge is 0.414 e. The number of aromatic amines is 1. The first-order valence-electron chi connectivity index (χ1n) is 11.8. The van der Waals surface area contributed by atoms with Gasteiger partial charge < -0.3 is 20.8 Å². The summed E-state index contributed by atoms with van der Waals surface area (Å²) in [5.74, 6) is -1.19. The van der Waals surface area contributed by atoms with Gasteiger partial charge in [0.15, 0.2) is 0 Å². The van der Waals surface area contributed by atoms with Gasteiger partial charge in [0.25, 0.3) is 0 Å². The van der Waals surface area contributed by atoms with Crippen molar-refractivity contribution in [2.75, 3.05) is 23.4 Å². The molecule has 3 amide bonds. The summed E-state index contributed by atoms with van der Waals surface area (Å²) in [6.45, 7) is 2.68.